The predicted octanol–water partition coefficient (Wildman–Crippen LogP) is 2.49. The quantitative estimate of drug-likeness (QED) is 0.799. The summed E-state index contributed by atoms with van der Waals surface area (Å²) in [5.41, 5.74) is 0.409. The summed E-state index contributed by atoms with van der Waals surface area (Å²) in [6, 6.07) is 9.70. The number of amides is 1. The number of aliphatic hydroxyl groups excluding tert-OH is 1. The first-order valence-electron chi connectivity index (χ1n) is 8.84. The summed E-state index contributed by atoms with van der Waals surface area (Å²) in [4.78, 5) is 25.5. The van der Waals surface area contributed by atoms with Crippen LogP contribution in [0.4, 0.5) is 4.79 Å². The summed E-state index contributed by atoms with van der Waals surface area (Å²) >= 11 is 0. The van der Waals surface area contributed by atoms with Crippen molar-refractivity contribution in [2.45, 2.75) is 44.6 Å². The van der Waals surface area contributed by atoms with Gasteiger partial charge in [-0.2, -0.15) is 0 Å². The minimum Gasteiger partial charge on any atom is -0.466 e. The molecule has 0 bridgehead atoms. The van der Waals surface area contributed by atoms with Crippen LogP contribution in [0.5, 0.6) is 0 Å². The zero-order chi connectivity index (χ0) is 18.3. The number of carbonyl (C=O) groups is 2. The zero-order valence-electron chi connectivity index (χ0n) is 14.9. The largest absolute Gasteiger partial charge is 0.466 e. The average Bonchev–Trinajstić information content (AvgIpc) is 2.63. The molecule has 1 fully saturated rings. The van der Waals surface area contributed by atoms with E-state index in [2.05, 4.69) is 0 Å². The average molecular weight is 349 g/mol. The van der Waals surface area contributed by atoms with Crippen LogP contribution in [-0.2, 0) is 19.7 Å². The number of aliphatic hydroxyl groups is 1. The van der Waals surface area contributed by atoms with E-state index in [1.807, 2.05) is 30.3 Å². The van der Waals surface area contributed by atoms with Crippen LogP contribution in [0.2, 0.25) is 0 Å². The molecule has 1 amide bonds. The maximum absolute atomic E-state index is 11.9. The molecule has 1 aliphatic rings. The number of hydrogen-bond donors (Lipinski definition) is 1. The number of piperidine rings is 1. The van der Waals surface area contributed by atoms with E-state index in [0.29, 0.717) is 39.1 Å². The number of likely N-dealkylation sites (tertiary alicyclic amines) is 1. The van der Waals surface area contributed by atoms with Gasteiger partial charge in [0.2, 0.25) is 0 Å². The van der Waals surface area contributed by atoms with E-state index in [4.69, 9.17) is 9.47 Å². The first-order valence-corrected chi connectivity index (χ1v) is 8.84. The van der Waals surface area contributed by atoms with Crippen molar-refractivity contribution in [3.63, 3.8) is 0 Å². The van der Waals surface area contributed by atoms with E-state index in [1.54, 1.807) is 18.7 Å². The Labute approximate surface area is 148 Å². The van der Waals surface area contributed by atoms with Gasteiger partial charge < -0.3 is 19.5 Å². The Bertz CT molecular complexity index is 566. The second-order valence-corrected chi connectivity index (χ2v) is 6.23. The molecule has 0 aromatic heterocycles. The number of rotatable bonds is 6. The minimum atomic E-state index is -0.863. The van der Waals surface area contributed by atoms with Gasteiger partial charge in [-0.25, -0.2) is 4.79 Å². The Morgan fingerprint density at radius 2 is 1.72 bits per heavy atom. The summed E-state index contributed by atoms with van der Waals surface area (Å²) < 4.78 is 10.1. The molecule has 25 heavy (non-hydrogen) atoms. The molecule has 138 valence electrons. The van der Waals surface area contributed by atoms with Crippen LogP contribution in [0.3, 0.4) is 0 Å². The first kappa shape index (κ1) is 19.2. The number of benzene rings is 1. The topological polar surface area (TPSA) is 76.1 Å². The number of esters is 1. The van der Waals surface area contributed by atoms with Crippen molar-refractivity contribution in [3.8, 4) is 0 Å². The van der Waals surface area contributed by atoms with E-state index < -0.39 is 17.5 Å². The van der Waals surface area contributed by atoms with E-state index in [-0.39, 0.29) is 12.5 Å². The molecule has 0 spiro atoms. The summed E-state index contributed by atoms with van der Waals surface area (Å²) in [6.07, 6.45) is -0.114. The van der Waals surface area contributed by atoms with Crippen LogP contribution in [0, 0.1) is 0 Å². The van der Waals surface area contributed by atoms with Crippen LogP contribution >= 0.6 is 0 Å². The molecule has 1 saturated heterocycles. The lowest BCUT2D eigenvalue weighted by Crippen LogP contribution is -2.51. The normalized spacial score (nSPS) is 17.6. The maximum Gasteiger partial charge on any atom is 0.409 e. The van der Waals surface area contributed by atoms with Gasteiger partial charge in [-0.3, -0.25) is 4.79 Å². The highest BCUT2D eigenvalue weighted by molar-refractivity contribution is 5.70. The van der Waals surface area contributed by atoms with Gasteiger partial charge in [0.05, 0.1) is 25.7 Å². The molecular formula is C19H27NO5. The summed E-state index contributed by atoms with van der Waals surface area (Å²) in [7, 11) is 0. The number of hydrogen-bond acceptors (Lipinski definition) is 5. The van der Waals surface area contributed by atoms with Gasteiger partial charge in [0.25, 0.3) is 0 Å². The van der Waals surface area contributed by atoms with Crippen LogP contribution in [0.15, 0.2) is 30.3 Å². The number of nitrogens with zero attached hydrogens (tertiary/aromatic N) is 1. The molecule has 0 radical (unpaired) electrons. The van der Waals surface area contributed by atoms with Gasteiger partial charge in [-0.15, -0.1) is 0 Å². The molecule has 0 saturated carbocycles. The van der Waals surface area contributed by atoms with Crippen LogP contribution in [0.25, 0.3) is 0 Å². The van der Waals surface area contributed by atoms with Crippen molar-refractivity contribution in [2.24, 2.45) is 0 Å². The molecule has 2 rings (SSSR count). The smallest absolute Gasteiger partial charge is 0.409 e. The molecule has 6 heteroatoms. The molecule has 6 nitrogen and oxygen atoms in total. The highest BCUT2D eigenvalue weighted by Crippen LogP contribution is 2.40. The molecule has 1 aromatic rings. The monoisotopic (exact) mass is 349 g/mol. The van der Waals surface area contributed by atoms with Crippen molar-refractivity contribution < 1.29 is 24.2 Å². The van der Waals surface area contributed by atoms with Crippen molar-refractivity contribution in [1.29, 1.82) is 0 Å². The molecule has 1 aromatic carbocycles. The lowest BCUT2D eigenvalue weighted by atomic mass is 9.68. The predicted molar refractivity (Wildman–Crippen MR) is 93.2 cm³/mol. The minimum absolute atomic E-state index is 0.0534. The standard InChI is InChI=1S/C19H27NO5/c1-3-24-17(22)14-16(21)19(15-8-6-5-7-9-15)10-12-20(13-11-19)18(23)25-4-2/h5-9,16,21H,3-4,10-14H2,1-2H3. The third-order valence-electron chi connectivity index (χ3n) is 4.83. The molecular weight excluding hydrogens is 322 g/mol. The Balaban J connectivity index is 2.18. The lowest BCUT2D eigenvalue weighted by Gasteiger charge is -2.44. The summed E-state index contributed by atoms with van der Waals surface area (Å²) in [6.45, 7) is 5.11. The number of ether oxygens (including phenoxy) is 2. The third kappa shape index (κ3) is 4.51. The number of carbonyl (C=O) groups excluding carboxylic acids is 2. The van der Waals surface area contributed by atoms with Crippen molar-refractivity contribution in [3.05, 3.63) is 35.9 Å². The molecule has 0 aliphatic carbocycles. The Morgan fingerprint density at radius 1 is 1.12 bits per heavy atom. The van der Waals surface area contributed by atoms with E-state index in [0.717, 1.165) is 5.56 Å². The highest BCUT2D eigenvalue weighted by atomic mass is 16.6. The molecule has 1 atom stereocenters. The fourth-order valence-corrected chi connectivity index (χ4v) is 3.46. The van der Waals surface area contributed by atoms with E-state index >= 15 is 0 Å². The van der Waals surface area contributed by atoms with Crippen molar-refractivity contribution >= 4 is 12.1 Å². The van der Waals surface area contributed by atoms with E-state index in [1.165, 1.54) is 0 Å². The molecule has 1 aliphatic heterocycles. The van der Waals surface area contributed by atoms with Gasteiger partial charge >= 0.3 is 12.1 Å². The SMILES string of the molecule is CCOC(=O)CC(O)C1(c2ccccc2)CCN(C(=O)OCC)CC1. The van der Waals surface area contributed by atoms with Gasteiger partial charge in [0.1, 0.15) is 0 Å². The fraction of sp³-hybridized carbons (Fsp3) is 0.579. The highest BCUT2D eigenvalue weighted by Gasteiger charge is 2.44. The Hall–Kier alpha value is -2.08. The van der Waals surface area contributed by atoms with Gasteiger partial charge in [0.15, 0.2) is 0 Å². The zero-order valence-corrected chi connectivity index (χ0v) is 14.9. The van der Waals surface area contributed by atoms with Crippen LogP contribution < -0.4 is 0 Å². The lowest BCUT2D eigenvalue weighted by molar-refractivity contribution is -0.147. The van der Waals surface area contributed by atoms with Crippen LogP contribution in [-0.4, -0.2) is 54.5 Å². The fourth-order valence-electron chi connectivity index (χ4n) is 3.46. The van der Waals surface area contributed by atoms with Gasteiger partial charge in [-0.1, -0.05) is 30.3 Å². The second-order valence-electron chi connectivity index (χ2n) is 6.23. The van der Waals surface area contributed by atoms with Gasteiger partial charge in [-0.05, 0) is 32.3 Å². The third-order valence-corrected chi connectivity index (χ3v) is 4.83. The molecule has 1 heterocycles. The first-order chi connectivity index (χ1) is 12.0. The summed E-state index contributed by atoms with van der Waals surface area (Å²) in [5.74, 6) is -0.405. The Morgan fingerprint density at radius 3 is 2.28 bits per heavy atom. The summed E-state index contributed by atoms with van der Waals surface area (Å²) in [5, 5.41) is 10.9. The van der Waals surface area contributed by atoms with Crippen LogP contribution in [0.1, 0.15) is 38.7 Å². The molecule has 1 N–H and O–H groups in total. The van der Waals surface area contributed by atoms with Crippen molar-refractivity contribution in [2.75, 3.05) is 26.3 Å². The molecule has 1 unspecified atom stereocenters. The van der Waals surface area contributed by atoms with Gasteiger partial charge in [0, 0.05) is 18.5 Å². The maximum atomic E-state index is 11.9. The van der Waals surface area contributed by atoms with Crippen molar-refractivity contribution in [1.82, 2.24) is 4.90 Å². The van der Waals surface area contributed by atoms with E-state index in [9.17, 15) is 14.7 Å². The second kappa shape index (κ2) is 8.85. The Kier molecular flexibility index (Phi) is 6.82.